The van der Waals surface area contributed by atoms with Crippen molar-refractivity contribution in [2.45, 2.75) is 6.04 Å². The van der Waals surface area contributed by atoms with Gasteiger partial charge in [0, 0.05) is 5.75 Å². The average molecular weight is 228 g/mol. The lowest BCUT2D eigenvalue weighted by atomic mass is 10.0. The molecule has 2 N–H and O–H groups in total. The lowest BCUT2D eigenvalue weighted by Crippen LogP contribution is -2.01. The van der Waals surface area contributed by atoms with Crippen LogP contribution in [-0.4, -0.2) is 10.9 Å². The number of benzene rings is 2. The Morgan fingerprint density at radius 3 is 2.69 bits per heavy atom. The van der Waals surface area contributed by atoms with Crippen LogP contribution in [0, 0.1) is 0 Å². The van der Waals surface area contributed by atoms with E-state index in [1.807, 2.05) is 0 Å². The van der Waals surface area contributed by atoms with Gasteiger partial charge in [-0.1, -0.05) is 48.2 Å². The summed E-state index contributed by atoms with van der Waals surface area (Å²) in [7, 11) is 0. The standard InChI is InChI=1S/C13H12N2S/c14-13-15-12(8-16-13)11-6-5-9-3-1-2-4-10(9)7-11/h1-7,12H,8H2,(H2,14,15). The molecule has 0 spiro atoms. The molecule has 1 aliphatic heterocycles. The highest BCUT2D eigenvalue weighted by Gasteiger charge is 2.17. The molecule has 1 aliphatic rings. The maximum Gasteiger partial charge on any atom is 0.154 e. The van der Waals surface area contributed by atoms with Crippen molar-refractivity contribution in [3.63, 3.8) is 0 Å². The second-order valence-corrected chi connectivity index (χ2v) is 4.94. The Morgan fingerprint density at radius 2 is 1.94 bits per heavy atom. The molecule has 0 saturated carbocycles. The first kappa shape index (κ1) is 9.73. The lowest BCUT2D eigenvalue weighted by Gasteiger charge is -2.07. The average Bonchev–Trinajstić information content (AvgIpc) is 2.75. The monoisotopic (exact) mass is 228 g/mol. The van der Waals surface area contributed by atoms with Gasteiger partial charge >= 0.3 is 0 Å². The maximum absolute atomic E-state index is 5.69. The number of fused-ring (bicyclic) bond motifs is 1. The van der Waals surface area contributed by atoms with Gasteiger partial charge in [-0.2, -0.15) is 0 Å². The zero-order valence-electron chi connectivity index (χ0n) is 8.76. The van der Waals surface area contributed by atoms with Gasteiger partial charge in [-0.3, -0.25) is 4.99 Å². The van der Waals surface area contributed by atoms with E-state index in [0.29, 0.717) is 5.17 Å². The normalized spacial score (nSPS) is 20.0. The first-order valence-electron chi connectivity index (χ1n) is 5.28. The third-order valence-electron chi connectivity index (χ3n) is 2.83. The molecule has 0 fully saturated rings. The molecule has 16 heavy (non-hydrogen) atoms. The molecule has 0 aliphatic carbocycles. The number of thioether (sulfide) groups is 1. The lowest BCUT2D eigenvalue weighted by molar-refractivity contribution is 0.850. The molecule has 2 nitrogen and oxygen atoms in total. The molecular formula is C13H12N2S. The van der Waals surface area contributed by atoms with Crippen molar-refractivity contribution in [2.75, 3.05) is 5.75 Å². The van der Waals surface area contributed by atoms with E-state index in [-0.39, 0.29) is 6.04 Å². The molecule has 0 bridgehead atoms. The summed E-state index contributed by atoms with van der Waals surface area (Å²) in [6.45, 7) is 0. The van der Waals surface area contributed by atoms with E-state index < -0.39 is 0 Å². The highest BCUT2D eigenvalue weighted by Crippen LogP contribution is 2.30. The molecule has 1 heterocycles. The predicted molar refractivity (Wildman–Crippen MR) is 70.8 cm³/mol. The number of nitrogens with zero attached hydrogens (tertiary/aromatic N) is 1. The van der Waals surface area contributed by atoms with E-state index in [4.69, 9.17) is 5.73 Å². The van der Waals surface area contributed by atoms with Gasteiger partial charge in [0.25, 0.3) is 0 Å². The Kier molecular flexibility index (Phi) is 2.33. The van der Waals surface area contributed by atoms with Gasteiger partial charge in [-0.05, 0) is 22.4 Å². The van der Waals surface area contributed by atoms with Crippen LogP contribution in [0.5, 0.6) is 0 Å². The number of hydrogen-bond acceptors (Lipinski definition) is 3. The first-order valence-corrected chi connectivity index (χ1v) is 6.26. The minimum atomic E-state index is 0.231. The predicted octanol–water partition coefficient (Wildman–Crippen LogP) is 2.94. The number of hydrogen-bond donors (Lipinski definition) is 1. The molecule has 1 atom stereocenters. The van der Waals surface area contributed by atoms with Crippen LogP contribution in [0.3, 0.4) is 0 Å². The van der Waals surface area contributed by atoms with E-state index in [9.17, 15) is 0 Å². The largest absolute Gasteiger partial charge is 0.379 e. The quantitative estimate of drug-likeness (QED) is 0.815. The molecular weight excluding hydrogens is 216 g/mol. The number of amidine groups is 1. The van der Waals surface area contributed by atoms with Crippen molar-refractivity contribution in [2.24, 2.45) is 10.7 Å². The van der Waals surface area contributed by atoms with Gasteiger partial charge in [0.15, 0.2) is 5.17 Å². The summed E-state index contributed by atoms with van der Waals surface area (Å²) in [5, 5.41) is 3.25. The van der Waals surface area contributed by atoms with Crippen molar-refractivity contribution in [1.82, 2.24) is 0 Å². The van der Waals surface area contributed by atoms with Gasteiger partial charge in [0.05, 0.1) is 6.04 Å². The summed E-state index contributed by atoms with van der Waals surface area (Å²) in [5.74, 6) is 0.962. The number of aliphatic imine (C=N–C) groups is 1. The van der Waals surface area contributed by atoms with Gasteiger partial charge in [0.2, 0.25) is 0 Å². The molecule has 0 saturated heterocycles. The first-order chi connectivity index (χ1) is 7.83. The fraction of sp³-hybridized carbons (Fsp3) is 0.154. The Hall–Kier alpha value is -1.48. The Bertz CT molecular complexity index is 563. The molecule has 3 rings (SSSR count). The summed E-state index contributed by atoms with van der Waals surface area (Å²) < 4.78 is 0. The second-order valence-electron chi connectivity index (χ2n) is 3.90. The minimum absolute atomic E-state index is 0.231. The van der Waals surface area contributed by atoms with Crippen molar-refractivity contribution in [3.8, 4) is 0 Å². The summed E-state index contributed by atoms with van der Waals surface area (Å²) in [5.41, 5.74) is 6.94. The Balaban J connectivity index is 2.05. The van der Waals surface area contributed by atoms with Crippen LogP contribution in [0.4, 0.5) is 0 Å². The number of rotatable bonds is 1. The molecule has 0 amide bonds. The molecule has 80 valence electrons. The number of nitrogens with two attached hydrogens (primary N) is 1. The molecule has 1 unspecified atom stereocenters. The summed E-state index contributed by atoms with van der Waals surface area (Å²) in [4.78, 5) is 4.42. The SMILES string of the molecule is NC1=NC(c2ccc3ccccc3c2)CS1. The van der Waals surface area contributed by atoms with Crippen molar-refractivity contribution < 1.29 is 0 Å². The summed E-state index contributed by atoms with van der Waals surface area (Å²) in [6.07, 6.45) is 0. The van der Waals surface area contributed by atoms with E-state index in [0.717, 1.165) is 5.75 Å². The zero-order chi connectivity index (χ0) is 11.0. The summed E-state index contributed by atoms with van der Waals surface area (Å²) in [6, 6.07) is 15.1. The van der Waals surface area contributed by atoms with Gasteiger partial charge in [-0.25, -0.2) is 0 Å². The van der Waals surface area contributed by atoms with Crippen LogP contribution in [-0.2, 0) is 0 Å². The van der Waals surface area contributed by atoms with E-state index in [1.165, 1.54) is 16.3 Å². The van der Waals surface area contributed by atoms with Crippen LogP contribution >= 0.6 is 11.8 Å². The Morgan fingerprint density at radius 1 is 1.12 bits per heavy atom. The maximum atomic E-state index is 5.69. The highest BCUT2D eigenvalue weighted by molar-refractivity contribution is 8.14. The fourth-order valence-electron chi connectivity index (χ4n) is 1.98. The topological polar surface area (TPSA) is 38.4 Å². The van der Waals surface area contributed by atoms with Crippen LogP contribution in [0.2, 0.25) is 0 Å². The van der Waals surface area contributed by atoms with Crippen molar-refractivity contribution >= 4 is 27.7 Å². The minimum Gasteiger partial charge on any atom is -0.379 e. The third kappa shape index (κ3) is 1.67. The molecule has 0 radical (unpaired) electrons. The van der Waals surface area contributed by atoms with Crippen LogP contribution < -0.4 is 5.73 Å². The van der Waals surface area contributed by atoms with Crippen LogP contribution in [0.25, 0.3) is 10.8 Å². The zero-order valence-corrected chi connectivity index (χ0v) is 9.58. The van der Waals surface area contributed by atoms with E-state index in [1.54, 1.807) is 11.8 Å². The van der Waals surface area contributed by atoms with Crippen molar-refractivity contribution in [1.29, 1.82) is 0 Å². The van der Waals surface area contributed by atoms with Crippen LogP contribution in [0.1, 0.15) is 11.6 Å². The molecule has 0 aromatic heterocycles. The van der Waals surface area contributed by atoms with Crippen LogP contribution in [0.15, 0.2) is 47.5 Å². The fourth-order valence-corrected chi connectivity index (χ4v) is 2.78. The molecule has 2 aromatic rings. The summed E-state index contributed by atoms with van der Waals surface area (Å²) >= 11 is 1.63. The van der Waals surface area contributed by atoms with Crippen molar-refractivity contribution in [3.05, 3.63) is 48.0 Å². The second kappa shape index (κ2) is 3.83. The smallest absolute Gasteiger partial charge is 0.154 e. The highest BCUT2D eigenvalue weighted by atomic mass is 32.2. The Labute approximate surface area is 98.6 Å². The third-order valence-corrected chi connectivity index (χ3v) is 3.71. The van der Waals surface area contributed by atoms with Gasteiger partial charge < -0.3 is 5.73 Å². The molecule has 2 aromatic carbocycles. The van der Waals surface area contributed by atoms with E-state index >= 15 is 0 Å². The van der Waals surface area contributed by atoms with E-state index in [2.05, 4.69) is 47.5 Å². The molecule has 3 heteroatoms. The van der Waals surface area contributed by atoms with Gasteiger partial charge in [0.1, 0.15) is 0 Å². The van der Waals surface area contributed by atoms with Gasteiger partial charge in [-0.15, -0.1) is 0 Å².